The summed E-state index contributed by atoms with van der Waals surface area (Å²) in [5, 5.41) is 9.15. The van der Waals surface area contributed by atoms with Crippen LogP contribution in [0, 0.1) is 24.0 Å². The minimum Gasteiger partial charge on any atom is -0.492 e. The molecule has 8 heteroatoms. The highest BCUT2D eigenvalue weighted by Gasteiger charge is 2.08. The van der Waals surface area contributed by atoms with E-state index in [9.17, 15) is 10.1 Å². The number of hydrogen-bond donors (Lipinski definition) is 1. The molecule has 1 unspecified atom stereocenters. The zero-order valence-corrected chi connectivity index (χ0v) is 13.1. The van der Waals surface area contributed by atoms with Gasteiger partial charge in [-0.1, -0.05) is 0 Å². The first kappa shape index (κ1) is 19.3. The van der Waals surface area contributed by atoms with Crippen molar-refractivity contribution in [1.29, 1.82) is 0 Å². The summed E-state index contributed by atoms with van der Waals surface area (Å²) in [6.07, 6.45) is 0. The van der Waals surface area contributed by atoms with E-state index >= 15 is 0 Å². The van der Waals surface area contributed by atoms with Crippen LogP contribution in [-0.2, 0) is 4.84 Å². The van der Waals surface area contributed by atoms with Crippen molar-refractivity contribution < 1.29 is 19.4 Å². The molecular formula is C13H21ClN2O5. The van der Waals surface area contributed by atoms with Crippen molar-refractivity contribution in [2.45, 2.75) is 26.8 Å². The number of nitrogens with zero attached hydrogens (tertiary/aromatic N) is 1. The highest BCUT2D eigenvalue weighted by atomic mass is 35.5. The van der Waals surface area contributed by atoms with Crippen LogP contribution in [0.25, 0.3) is 0 Å². The van der Waals surface area contributed by atoms with Gasteiger partial charge in [0.05, 0.1) is 0 Å². The third-order valence-electron chi connectivity index (χ3n) is 2.47. The molecule has 1 aromatic rings. The standard InChI is InChI=1S/C13H20N2O5.ClH/c1-9-6-12(18-4-5-20-15(16)17)7-10(2)13(9)19-8-11(3)14;/h6-7,11H,4-5,8,14H2,1-3H3;1H. The van der Waals surface area contributed by atoms with E-state index in [1.807, 2.05) is 32.9 Å². The fourth-order valence-corrected chi connectivity index (χ4v) is 1.71. The van der Waals surface area contributed by atoms with Gasteiger partial charge >= 0.3 is 0 Å². The van der Waals surface area contributed by atoms with Crippen LogP contribution in [0.4, 0.5) is 0 Å². The summed E-state index contributed by atoms with van der Waals surface area (Å²) in [5.41, 5.74) is 7.51. The second-order valence-corrected chi connectivity index (χ2v) is 4.58. The van der Waals surface area contributed by atoms with E-state index in [1.165, 1.54) is 0 Å². The van der Waals surface area contributed by atoms with E-state index in [0.717, 1.165) is 16.9 Å². The summed E-state index contributed by atoms with van der Waals surface area (Å²) in [7, 11) is 0. The third-order valence-corrected chi connectivity index (χ3v) is 2.47. The second-order valence-electron chi connectivity index (χ2n) is 4.58. The average Bonchev–Trinajstić information content (AvgIpc) is 2.33. The number of nitrogens with two attached hydrogens (primary N) is 1. The van der Waals surface area contributed by atoms with Crippen molar-refractivity contribution in [3.05, 3.63) is 33.4 Å². The average molecular weight is 321 g/mol. The van der Waals surface area contributed by atoms with Gasteiger partial charge in [0.25, 0.3) is 5.09 Å². The van der Waals surface area contributed by atoms with Crippen LogP contribution in [0.2, 0.25) is 0 Å². The van der Waals surface area contributed by atoms with Crippen molar-refractivity contribution in [1.82, 2.24) is 0 Å². The summed E-state index contributed by atoms with van der Waals surface area (Å²) in [6, 6.07) is 3.59. The lowest BCUT2D eigenvalue weighted by molar-refractivity contribution is -0.757. The molecule has 0 aliphatic rings. The van der Waals surface area contributed by atoms with Gasteiger partial charge in [-0.3, -0.25) is 0 Å². The maximum absolute atomic E-state index is 9.99. The van der Waals surface area contributed by atoms with Crippen LogP contribution < -0.4 is 15.2 Å². The summed E-state index contributed by atoms with van der Waals surface area (Å²) in [4.78, 5) is 14.2. The molecule has 0 fully saturated rings. The molecule has 0 aromatic heterocycles. The predicted octanol–water partition coefficient (Wildman–Crippen LogP) is 2.04. The van der Waals surface area contributed by atoms with Crippen molar-refractivity contribution in [3.8, 4) is 11.5 Å². The second kappa shape index (κ2) is 9.25. The molecule has 0 bridgehead atoms. The van der Waals surface area contributed by atoms with Crippen LogP contribution in [0.3, 0.4) is 0 Å². The highest BCUT2D eigenvalue weighted by molar-refractivity contribution is 5.85. The molecule has 0 radical (unpaired) electrons. The fraction of sp³-hybridized carbons (Fsp3) is 0.538. The zero-order valence-electron chi connectivity index (χ0n) is 12.3. The number of rotatable bonds is 8. The third kappa shape index (κ3) is 7.01. The number of benzene rings is 1. The maximum atomic E-state index is 9.99. The molecule has 0 saturated heterocycles. The summed E-state index contributed by atoms with van der Waals surface area (Å²) in [5.74, 6) is 1.41. The number of halogens is 1. The van der Waals surface area contributed by atoms with E-state index in [2.05, 4.69) is 4.84 Å². The molecule has 0 aliphatic carbocycles. The number of aryl methyl sites for hydroxylation is 2. The minimum absolute atomic E-state index is 0. The number of ether oxygens (including phenoxy) is 2. The van der Waals surface area contributed by atoms with Gasteiger partial charge in [0, 0.05) is 6.04 Å². The summed E-state index contributed by atoms with van der Waals surface area (Å²) >= 11 is 0. The largest absolute Gasteiger partial charge is 0.492 e. The lowest BCUT2D eigenvalue weighted by Gasteiger charge is -2.15. The first-order chi connectivity index (χ1) is 9.40. The normalized spacial score (nSPS) is 11.2. The first-order valence-electron chi connectivity index (χ1n) is 6.30. The molecule has 1 aromatic carbocycles. The molecule has 0 spiro atoms. The Morgan fingerprint density at radius 2 is 1.81 bits per heavy atom. The molecule has 120 valence electrons. The lowest BCUT2D eigenvalue weighted by atomic mass is 10.1. The quantitative estimate of drug-likeness (QED) is 0.447. The van der Waals surface area contributed by atoms with Crippen LogP contribution in [0.5, 0.6) is 11.5 Å². The Kier molecular flexibility index (Phi) is 8.49. The SMILES string of the molecule is Cc1cc(OCCO[N+](=O)[O-])cc(C)c1OCC(C)N.Cl. The molecule has 0 amide bonds. The Hall–Kier alpha value is -1.73. The monoisotopic (exact) mass is 320 g/mol. The van der Waals surface area contributed by atoms with Crippen molar-refractivity contribution in [3.63, 3.8) is 0 Å². The molecular weight excluding hydrogens is 300 g/mol. The molecule has 2 N–H and O–H groups in total. The van der Waals surface area contributed by atoms with E-state index in [1.54, 1.807) is 0 Å². The number of hydrogen-bond acceptors (Lipinski definition) is 6. The van der Waals surface area contributed by atoms with Crippen molar-refractivity contribution >= 4 is 12.4 Å². The van der Waals surface area contributed by atoms with Gasteiger partial charge in [0.2, 0.25) is 0 Å². The predicted molar refractivity (Wildman–Crippen MR) is 80.7 cm³/mol. The Balaban J connectivity index is 0.00000400. The fourth-order valence-electron chi connectivity index (χ4n) is 1.71. The Morgan fingerprint density at radius 3 is 2.29 bits per heavy atom. The molecule has 7 nitrogen and oxygen atoms in total. The molecule has 21 heavy (non-hydrogen) atoms. The first-order valence-corrected chi connectivity index (χ1v) is 6.30. The Morgan fingerprint density at radius 1 is 1.24 bits per heavy atom. The van der Waals surface area contributed by atoms with Gasteiger partial charge in [0.15, 0.2) is 0 Å². The molecule has 0 heterocycles. The summed E-state index contributed by atoms with van der Waals surface area (Å²) in [6.45, 7) is 6.14. The van der Waals surface area contributed by atoms with Crippen LogP contribution in [0.1, 0.15) is 18.1 Å². The molecule has 0 saturated carbocycles. The summed E-state index contributed by atoms with van der Waals surface area (Å²) < 4.78 is 11.0. The van der Waals surface area contributed by atoms with E-state index in [4.69, 9.17) is 15.2 Å². The van der Waals surface area contributed by atoms with E-state index < -0.39 is 5.09 Å². The molecule has 0 aliphatic heterocycles. The van der Waals surface area contributed by atoms with Gasteiger partial charge in [-0.25, -0.2) is 0 Å². The van der Waals surface area contributed by atoms with Crippen LogP contribution >= 0.6 is 12.4 Å². The van der Waals surface area contributed by atoms with E-state index in [0.29, 0.717) is 12.4 Å². The van der Waals surface area contributed by atoms with Crippen LogP contribution in [0.15, 0.2) is 12.1 Å². The smallest absolute Gasteiger partial charge is 0.294 e. The van der Waals surface area contributed by atoms with Gasteiger partial charge < -0.3 is 20.0 Å². The highest BCUT2D eigenvalue weighted by Crippen LogP contribution is 2.28. The van der Waals surface area contributed by atoms with Gasteiger partial charge in [0.1, 0.15) is 31.3 Å². The van der Waals surface area contributed by atoms with Gasteiger partial charge in [-0.15, -0.1) is 22.5 Å². The zero-order chi connectivity index (χ0) is 15.1. The molecule has 1 rings (SSSR count). The van der Waals surface area contributed by atoms with E-state index in [-0.39, 0.29) is 31.7 Å². The van der Waals surface area contributed by atoms with Gasteiger partial charge in [-0.05, 0) is 44.0 Å². The molecule has 1 atom stereocenters. The maximum Gasteiger partial charge on any atom is 0.294 e. The Bertz CT molecular complexity index is 445. The lowest BCUT2D eigenvalue weighted by Crippen LogP contribution is -2.24. The van der Waals surface area contributed by atoms with Crippen molar-refractivity contribution in [2.24, 2.45) is 5.73 Å². The van der Waals surface area contributed by atoms with Crippen LogP contribution in [-0.4, -0.2) is 30.9 Å². The Labute approximate surface area is 129 Å². The topological polar surface area (TPSA) is 96.8 Å². The minimum atomic E-state index is -0.842. The van der Waals surface area contributed by atoms with Gasteiger partial charge in [-0.2, -0.15) is 0 Å². The van der Waals surface area contributed by atoms with Crippen molar-refractivity contribution in [2.75, 3.05) is 19.8 Å².